The summed E-state index contributed by atoms with van der Waals surface area (Å²) in [5.74, 6) is 0. The van der Waals surface area contributed by atoms with Gasteiger partial charge in [0.2, 0.25) is 0 Å². The normalized spacial score (nSPS) is 19.4. The number of nitrogens with zero attached hydrogens (tertiary/aromatic N) is 1. The molecular weight excluding hydrogens is 142 g/mol. The molecule has 1 aliphatic heterocycles. The van der Waals surface area contributed by atoms with E-state index in [2.05, 4.69) is 0 Å². The topological polar surface area (TPSA) is 23.4 Å². The lowest BCUT2D eigenvalue weighted by atomic mass is 10.4. The maximum atomic E-state index is 5.34. The molecule has 0 atom stereocenters. The Morgan fingerprint density at radius 1 is 1.45 bits per heavy atom. The molecule has 0 unspecified atom stereocenters. The Balaban J connectivity index is 2.21. The molecular formula is C8H11NO2. The second kappa shape index (κ2) is 2.68. The molecule has 3 nitrogen and oxygen atoms in total. The summed E-state index contributed by atoms with van der Waals surface area (Å²) >= 11 is 0. The first-order valence-electron chi connectivity index (χ1n) is 3.72. The summed E-state index contributed by atoms with van der Waals surface area (Å²) in [6.45, 7) is 1.41. The molecule has 3 heteroatoms. The Morgan fingerprint density at radius 2 is 2.18 bits per heavy atom. The van der Waals surface area contributed by atoms with E-state index in [1.807, 2.05) is 29.9 Å². The second-order valence-corrected chi connectivity index (χ2v) is 2.62. The van der Waals surface area contributed by atoms with Crippen molar-refractivity contribution in [3.05, 3.63) is 24.0 Å². The largest absolute Gasteiger partial charge is 0.350 e. The first kappa shape index (κ1) is 6.88. The van der Waals surface area contributed by atoms with Crippen molar-refractivity contribution >= 4 is 0 Å². The van der Waals surface area contributed by atoms with Gasteiger partial charge in [-0.15, -0.1) is 0 Å². The minimum atomic E-state index is -0.144. The molecule has 0 aromatic carbocycles. The van der Waals surface area contributed by atoms with Gasteiger partial charge < -0.3 is 14.0 Å². The molecule has 0 radical (unpaired) electrons. The summed E-state index contributed by atoms with van der Waals surface area (Å²) < 4.78 is 12.7. The lowest BCUT2D eigenvalue weighted by Gasteiger charge is -2.09. The standard InChI is InChI=1S/C8H11NO2/c1-9-4-2-3-7(9)8-10-5-6-11-8/h2-4,8H,5-6H2,1H3. The third-order valence-electron chi connectivity index (χ3n) is 1.85. The molecule has 1 aliphatic rings. The third-order valence-corrected chi connectivity index (χ3v) is 1.85. The van der Waals surface area contributed by atoms with Crippen LogP contribution in [0.1, 0.15) is 12.0 Å². The zero-order chi connectivity index (χ0) is 7.68. The van der Waals surface area contributed by atoms with Crippen molar-refractivity contribution in [3.63, 3.8) is 0 Å². The molecule has 0 aliphatic carbocycles. The van der Waals surface area contributed by atoms with Gasteiger partial charge >= 0.3 is 0 Å². The van der Waals surface area contributed by atoms with Gasteiger partial charge in [0.15, 0.2) is 6.29 Å². The van der Waals surface area contributed by atoms with E-state index in [1.165, 1.54) is 0 Å². The van der Waals surface area contributed by atoms with Crippen LogP contribution in [0.4, 0.5) is 0 Å². The van der Waals surface area contributed by atoms with Crippen LogP contribution in [0.2, 0.25) is 0 Å². The first-order valence-corrected chi connectivity index (χ1v) is 3.72. The highest BCUT2D eigenvalue weighted by Crippen LogP contribution is 2.22. The first-order chi connectivity index (χ1) is 5.38. The predicted molar refractivity (Wildman–Crippen MR) is 40.1 cm³/mol. The van der Waals surface area contributed by atoms with Crippen LogP contribution >= 0.6 is 0 Å². The summed E-state index contributed by atoms with van der Waals surface area (Å²) in [7, 11) is 1.99. The molecule has 11 heavy (non-hydrogen) atoms. The molecule has 0 N–H and O–H groups in total. The molecule has 2 heterocycles. The zero-order valence-electron chi connectivity index (χ0n) is 6.49. The molecule has 1 fully saturated rings. The van der Waals surface area contributed by atoms with Crippen LogP contribution < -0.4 is 0 Å². The quantitative estimate of drug-likeness (QED) is 0.602. The number of ether oxygens (including phenoxy) is 2. The van der Waals surface area contributed by atoms with Crippen LogP contribution in [0.15, 0.2) is 18.3 Å². The highest BCUT2D eigenvalue weighted by molar-refractivity contribution is 5.08. The molecule has 0 bridgehead atoms. The van der Waals surface area contributed by atoms with Gasteiger partial charge in [0.1, 0.15) is 0 Å². The lowest BCUT2D eigenvalue weighted by molar-refractivity contribution is -0.0491. The number of hydrogen-bond acceptors (Lipinski definition) is 2. The van der Waals surface area contributed by atoms with Crippen LogP contribution in [0, 0.1) is 0 Å². The molecule has 0 saturated carbocycles. The molecule has 0 amide bonds. The van der Waals surface area contributed by atoms with Gasteiger partial charge in [0.05, 0.1) is 18.9 Å². The van der Waals surface area contributed by atoms with E-state index in [0.29, 0.717) is 13.2 Å². The van der Waals surface area contributed by atoms with Crippen molar-refractivity contribution < 1.29 is 9.47 Å². The van der Waals surface area contributed by atoms with E-state index in [9.17, 15) is 0 Å². The predicted octanol–water partition coefficient (Wildman–Crippen LogP) is 1.07. The van der Waals surface area contributed by atoms with Crippen molar-refractivity contribution in [1.29, 1.82) is 0 Å². The third kappa shape index (κ3) is 1.17. The smallest absolute Gasteiger partial charge is 0.199 e. The molecule has 1 saturated heterocycles. The second-order valence-electron chi connectivity index (χ2n) is 2.62. The zero-order valence-corrected chi connectivity index (χ0v) is 6.49. The van der Waals surface area contributed by atoms with Crippen molar-refractivity contribution in [1.82, 2.24) is 4.57 Å². The van der Waals surface area contributed by atoms with E-state index in [0.717, 1.165) is 5.69 Å². The van der Waals surface area contributed by atoms with E-state index < -0.39 is 0 Å². The Morgan fingerprint density at radius 3 is 2.73 bits per heavy atom. The van der Waals surface area contributed by atoms with E-state index >= 15 is 0 Å². The molecule has 2 rings (SSSR count). The van der Waals surface area contributed by atoms with Gasteiger partial charge in [0.25, 0.3) is 0 Å². The number of hydrogen-bond donors (Lipinski definition) is 0. The SMILES string of the molecule is Cn1cccc1C1OCCO1. The number of aryl methyl sites for hydroxylation is 1. The van der Waals surface area contributed by atoms with Crippen molar-refractivity contribution in [2.75, 3.05) is 13.2 Å². The number of rotatable bonds is 1. The Hall–Kier alpha value is -0.800. The van der Waals surface area contributed by atoms with Crippen molar-refractivity contribution in [3.8, 4) is 0 Å². The van der Waals surface area contributed by atoms with Gasteiger partial charge in [-0.1, -0.05) is 0 Å². The van der Waals surface area contributed by atoms with Crippen LogP contribution in [0.5, 0.6) is 0 Å². The minimum absolute atomic E-state index is 0.144. The molecule has 1 aromatic heterocycles. The van der Waals surface area contributed by atoms with Crippen LogP contribution in [0.3, 0.4) is 0 Å². The fourth-order valence-corrected chi connectivity index (χ4v) is 1.25. The van der Waals surface area contributed by atoms with Crippen LogP contribution in [-0.4, -0.2) is 17.8 Å². The average molecular weight is 153 g/mol. The highest BCUT2D eigenvalue weighted by Gasteiger charge is 2.19. The Labute approximate surface area is 65.5 Å². The van der Waals surface area contributed by atoms with Gasteiger partial charge in [0, 0.05) is 13.2 Å². The van der Waals surface area contributed by atoms with Crippen molar-refractivity contribution in [2.45, 2.75) is 6.29 Å². The average Bonchev–Trinajstić information content (AvgIpc) is 2.55. The van der Waals surface area contributed by atoms with Gasteiger partial charge in [-0.05, 0) is 12.1 Å². The van der Waals surface area contributed by atoms with Gasteiger partial charge in [-0.3, -0.25) is 0 Å². The summed E-state index contributed by atoms with van der Waals surface area (Å²) in [6, 6.07) is 4.00. The monoisotopic (exact) mass is 153 g/mol. The Kier molecular flexibility index (Phi) is 1.68. The van der Waals surface area contributed by atoms with Crippen LogP contribution in [-0.2, 0) is 16.5 Å². The molecule has 60 valence electrons. The van der Waals surface area contributed by atoms with Crippen molar-refractivity contribution in [2.24, 2.45) is 7.05 Å². The fraction of sp³-hybridized carbons (Fsp3) is 0.500. The summed E-state index contributed by atoms with van der Waals surface area (Å²) in [5.41, 5.74) is 1.09. The molecule has 1 aromatic rings. The lowest BCUT2D eigenvalue weighted by Crippen LogP contribution is -2.03. The fourth-order valence-electron chi connectivity index (χ4n) is 1.25. The maximum Gasteiger partial charge on any atom is 0.199 e. The maximum absolute atomic E-state index is 5.34. The van der Waals surface area contributed by atoms with Crippen LogP contribution in [0.25, 0.3) is 0 Å². The van der Waals surface area contributed by atoms with E-state index in [-0.39, 0.29) is 6.29 Å². The minimum Gasteiger partial charge on any atom is -0.350 e. The van der Waals surface area contributed by atoms with E-state index in [1.54, 1.807) is 0 Å². The molecule has 0 spiro atoms. The number of aromatic nitrogens is 1. The summed E-state index contributed by atoms with van der Waals surface area (Å²) in [6.07, 6.45) is 1.84. The van der Waals surface area contributed by atoms with E-state index in [4.69, 9.17) is 9.47 Å². The van der Waals surface area contributed by atoms with Gasteiger partial charge in [-0.25, -0.2) is 0 Å². The summed E-state index contributed by atoms with van der Waals surface area (Å²) in [4.78, 5) is 0. The Bertz CT molecular complexity index is 238. The highest BCUT2D eigenvalue weighted by atomic mass is 16.7. The summed E-state index contributed by atoms with van der Waals surface area (Å²) in [5, 5.41) is 0. The van der Waals surface area contributed by atoms with Gasteiger partial charge in [-0.2, -0.15) is 0 Å².